The van der Waals surface area contributed by atoms with Crippen LogP contribution in [0.15, 0.2) is 24.3 Å². The Hall–Kier alpha value is -1.06. The van der Waals surface area contributed by atoms with Gasteiger partial charge in [-0.1, -0.05) is 26.0 Å². The van der Waals surface area contributed by atoms with Gasteiger partial charge in [0.25, 0.3) is 0 Å². The van der Waals surface area contributed by atoms with Gasteiger partial charge in [-0.3, -0.25) is 4.90 Å². The maximum atomic E-state index is 9.32. The fourth-order valence-electron chi connectivity index (χ4n) is 2.50. The van der Waals surface area contributed by atoms with Crippen LogP contribution in [0.2, 0.25) is 0 Å². The monoisotopic (exact) mass is 263 g/mol. The molecule has 1 aliphatic rings. The molecule has 106 valence electrons. The largest absolute Gasteiger partial charge is 0.493 e. The summed E-state index contributed by atoms with van der Waals surface area (Å²) in [5, 5.41) is 9.32. The molecule has 0 bridgehead atoms. The molecule has 1 atom stereocenters. The second kappa shape index (κ2) is 6.92. The van der Waals surface area contributed by atoms with Gasteiger partial charge in [0.05, 0.1) is 13.2 Å². The highest BCUT2D eigenvalue weighted by atomic mass is 16.5. The van der Waals surface area contributed by atoms with Crippen LogP contribution in [0.3, 0.4) is 0 Å². The van der Waals surface area contributed by atoms with E-state index in [9.17, 15) is 5.11 Å². The van der Waals surface area contributed by atoms with Crippen LogP contribution in [-0.2, 0) is 6.54 Å². The molecule has 0 radical (unpaired) electrons. The van der Waals surface area contributed by atoms with Gasteiger partial charge >= 0.3 is 0 Å². The lowest BCUT2D eigenvalue weighted by atomic mass is 10.2. The number of nitrogens with zero attached hydrogens (tertiary/aromatic N) is 1. The van der Waals surface area contributed by atoms with E-state index in [-0.39, 0.29) is 6.61 Å². The van der Waals surface area contributed by atoms with Crippen LogP contribution in [0.4, 0.5) is 0 Å². The quantitative estimate of drug-likeness (QED) is 0.856. The molecule has 0 amide bonds. The van der Waals surface area contributed by atoms with Gasteiger partial charge in [-0.25, -0.2) is 0 Å². The molecule has 1 saturated heterocycles. The summed E-state index contributed by atoms with van der Waals surface area (Å²) in [6.45, 7) is 7.35. The highest BCUT2D eigenvalue weighted by molar-refractivity contribution is 5.27. The minimum Gasteiger partial charge on any atom is -0.493 e. The summed E-state index contributed by atoms with van der Waals surface area (Å²) < 4.78 is 5.68. The van der Waals surface area contributed by atoms with Gasteiger partial charge in [0.15, 0.2) is 0 Å². The normalized spacial score (nSPS) is 20.1. The third-order valence-electron chi connectivity index (χ3n) is 3.60. The van der Waals surface area contributed by atoms with Gasteiger partial charge in [-0.05, 0) is 43.0 Å². The van der Waals surface area contributed by atoms with Gasteiger partial charge in [0.2, 0.25) is 0 Å². The van der Waals surface area contributed by atoms with Crippen molar-refractivity contribution < 1.29 is 9.84 Å². The van der Waals surface area contributed by atoms with E-state index in [1.807, 2.05) is 12.1 Å². The van der Waals surface area contributed by atoms with Crippen molar-refractivity contribution in [2.45, 2.75) is 39.3 Å². The zero-order valence-electron chi connectivity index (χ0n) is 12.0. The van der Waals surface area contributed by atoms with E-state index in [1.54, 1.807) is 0 Å². The lowest BCUT2D eigenvalue weighted by Crippen LogP contribution is -2.31. The molecule has 0 saturated carbocycles. The summed E-state index contributed by atoms with van der Waals surface area (Å²) in [4.78, 5) is 2.37. The van der Waals surface area contributed by atoms with Crippen LogP contribution in [0.25, 0.3) is 0 Å². The molecule has 1 N–H and O–H groups in total. The van der Waals surface area contributed by atoms with Crippen molar-refractivity contribution in [3.05, 3.63) is 29.8 Å². The molecule has 19 heavy (non-hydrogen) atoms. The third-order valence-corrected chi connectivity index (χ3v) is 3.60. The fourth-order valence-corrected chi connectivity index (χ4v) is 2.50. The number of aliphatic hydroxyl groups excluding tert-OH is 1. The first kappa shape index (κ1) is 14.4. The number of rotatable bonds is 6. The summed E-state index contributed by atoms with van der Waals surface area (Å²) in [6, 6.07) is 8.69. The number of hydrogen-bond donors (Lipinski definition) is 1. The molecule has 0 unspecified atom stereocenters. The van der Waals surface area contributed by atoms with Gasteiger partial charge in [0, 0.05) is 12.6 Å². The van der Waals surface area contributed by atoms with E-state index in [2.05, 4.69) is 30.9 Å². The van der Waals surface area contributed by atoms with Crippen LogP contribution in [0.1, 0.15) is 32.3 Å². The first-order valence-electron chi connectivity index (χ1n) is 7.25. The molecule has 2 rings (SSSR count). The van der Waals surface area contributed by atoms with E-state index in [4.69, 9.17) is 4.74 Å². The van der Waals surface area contributed by atoms with Gasteiger partial charge < -0.3 is 9.84 Å². The Labute approximate surface area is 116 Å². The second-order valence-corrected chi connectivity index (χ2v) is 5.80. The lowest BCUT2D eigenvalue weighted by Gasteiger charge is -2.22. The van der Waals surface area contributed by atoms with Crippen molar-refractivity contribution >= 4 is 0 Å². The smallest absolute Gasteiger partial charge is 0.119 e. The Morgan fingerprint density at radius 3 is 2.68 bits per heavy atom. The first-order valence-corrected chi connectivity index (χ1v) is 7.25. The van der Waals surface area contributed by atoms with Crippen LogP contribution in [-0.4, -0.2) is 35.8 Å². The molecular weight excluding hydrogens is 238 g/mol. The second-order valence-electron chi connectivity index (χ2n) is 5.80. The maximum Gasteiger partial charge on any atom is 0.119 e. The molecule has 3 nitrogen and oxygen atoms in total. The van der Waals surface area contributed by atoms with Crippen LogP contribution < -0.4 is 4.74 Å². The van der Waals surface area contributed by atoms with E-state index in [0.29, 0.717) is 12.0 Å². The van der Waals surface area contributed by atoms with Crippen molar-refractivity contribution in [2.75, 3.05) is 19.8 Å². The predicted molar refractivity (Wildman–Crippen MR) is 77.3 cm³/mol. The Kier molecular flexibility index (Phi) is 5.23. The average molecular weight is 263 g/mol. The van der Waals surface area contributed by atoms with Crippen LogP contribution in [0, 0.1) is 5.92 Å². The fraction of sp³-hybridized carbons (Fsp3) is 0.625. The maximum absolute atomic E-state index is 9.32. The minimum atomic E-state index is 0.273. The minimum absolute atomic E-state index is 0.273. The molecule has 0 spiro atoms. The zero-order chi connectivity index (χ0) is 13.7. The van der Waals surface area contributed by atoms with Gasteiger partial charge in [-0.15, -0.1) is 0 Å². The summed E-state index contributed by atoms with van der Waals surface area (Å²) >= 11 is 0. The van der Waals surface area contributed by atoms with Crippen LogP contribution in [0.5, 0.6) is 5.75 Å². The van der Waals surface area contributed by atoms with Crippen molar-refractivity contribution in [1.82, 2.24) is 4.90 Å². The van der Waals surface area contributed by atoms with E-state index in [0.717, 1.165) is 31.9 Å². The van der Waals surface area contributed by atoms with E-state index < -0.39 is 0 Å². The number of ether oxygens (including phenoxy) is 1. The summed E-state index contributed by atoms with van der Waals surface area (Å²) in [6.07, 6.45) is 2.31. The van der Waals surface area contributed by atoms with Crippen molar-refractivity contribution in [3.8, 4) is 5.75 Å². The molecule has 1 aromatic carbocycles. The van der Waals surface area contributed by atoms with Crippen molar-refractivity contribution in [1.29, 1.82) is 0 Å². The first-order chi connectivity index (χ1) is 9.19. The number of likely N-dealkylation sites (tertiary alicyclic amines) is 1. The molecule has 1 aliphatic heterocycles. The Bertz CT molecular complexity index is 375. The van der Waals surface area contributed by atoms with Gasteiger partial charge in [-0.2, -0.15) is 0 Å². The highest BCUT2D eigenvalue weighted by Gasteiger charge is 2.23. The summed E-state index contributed by atoms with van der Waals surface area (Å²) in [5.41, 5.74) is 1.29. The van der Waals surface area contributed by atoms with E-state index >= 15 is 0 Å². The van der Waals surface area contributed by atoms with E-state index in [1.165, 1.54) is 12.0 Å². The molecule has 3 heteroatoms. The molecule has 1 heterocycles. The van der Waals surface area contributed by atoms with Crippen molar-refractivity contribution in [3.63, 3.8) is 0 Å². The molecule has 1 aromatic rings. The topological polar surface area (TPSA) is 32.7 Å². The Balaban J connectivity index is 1.87. The number of hydrogen-bond acceptors (Lipinski definition) is 3. The summed E-state index contributed by atoms with van der Waals surface area (Å²) in [7, 11) is 0. The zero-order valence-corrected chi connectivity index (χ0v) is 12.0. The number of benzene rings is 1. The Morgan fingerprint density at radius 2 is 2.05 bits per heavy atom. The number of aliphatic hydroxyl groups is 1. The molecular formula is C16H25NO2. The molecule has 0 aromatic heterocycles. The Morgan fingerprint density at radius 1 is 1.32 bits per heavy atom. The SMILES string of the molecule is CC(C)COc1ccc(CN2CCC[C@@H]2CO)cc1. The van der Waals surface area contributed by atoms with Crippen molar-refractivity contribution in [2.24, 2.45) is 5.92 Å². The average Bonchev–Trinajstić information content (AvgIpc) is 2.85. The van der Waals surface area contributed by atoms with Gasteiger partial charge in [0.1, 0.15) is 5.75 Å². The third kappa shape index (κ3) is 4.22. The molecule has 1 fully saturated rings. The standard InChI is InChI=1S/C16H25NO2/c1-13(2)12-19-16-7-5-14(6-8-16)10-17-9-3-4-15(17)11-18/h5-8,13,15,18H,3-4,9-12H2,1-2H3/t15-/m1/s1. The van der Waals surface area contributed by atoms with Crippen LogP contribution >= 0.6 is 0 Å². The summed E-state index contributed by atoms with van der Waals surface area (Å²) in [5.74, 6) is 1.49. The lowest BCUT2D eigenvalue weighted by molar-refractivity contribution is 0.153. The predicted octanol–water partition coefficient (Wildman–Crippen LogP) is 2.68. The molecule has 0 aliphatic carbocycles. The highest BCUT2D eigenvalue weighted by Crippen LogP contribution is 2.21.